The predicted octanol–water partition coefficient (Wildman–Crippen LogP) is 5.65. The van der Waals surface area contributed by atoms with Gasteiger partial charge in [0, 0.05) is 33.3 Å². The van der Waals surface area contributed by atoms with Crippen molar-refractivity contribution in [2.24, 2.45) is 10.1 Å². The van der Waals surface area contributed by atoms with Gasteiger partial charge in [-0.15, -0.1) is 4.40 Å². The molecule has 0 unspecified atom stereocenters. The summed E-state index contributed by atoms with van der Waals surface area (Å²) in [6, 6.07) is 23.2. The van der Waals surface area contributed by atoms with Gasteiger partial charge < -0.3 is 11.1 Å². The smallest absolute Gasteiger partial charge is 0.285 e. The van der Waals surface area contributed by atoms with Gasteiger partial charge in [-0.3, -0.25) is 0 Å². The molecule has 6 nitrogen and oxygen atoms in total. The Morgan fingerprint density at radius 3 is 2.09 bits per heavy atom. The average molecular weight is 529 g/mol. The van der Waals surface area contributed by atoms with E-state index in [4.69, 9.17) is 28.9 Å². The quantitative estimate of drug-likeness (QED) is 0.191. The molecule has 1 aromatic heterocycles. The number of nitrogens with two attached hydrogens (primary N) is 1. The molecule has 0 saturated heterocycles. The zero-order valence-electron chi connectivity index (χ0n) is 18.1. The molecule has 0 aliphatic rings. The Hall–Kier alpha value is -3.46. The zero-order valence-corrected chi connectivity index (χ0v) is 20.4. The number of benzene rings is 3. The highest BCUT2D eigenvalue weighted by Crippen LogP contribution is 2.33. The van der Waals surface area contributed by atoms with Crippen LogP contribution in [0.4, 0.5) is 4.39 Å². The first-order valence-electron chi connectivity index (χ1n) is 10.3. The number of aromatic nitrogens is 1. The highest BCUT2D eigenvalue weighted by molar-refractivity contribution is 7.90. The van der Waals surface area contributed by atoms with E-state index in [0.717, 1.165) is 5.56 Å². The second-order valence-corrected chi connectivity index (χ2v) is 9.94. The van der Waals surface area contributed by atoms with Crippen LogP contribution in [-0.4, -0.2) is 19.4 Å². The van der Waals surface area contributed by atoms with Gasteiger partial charge in [-0.25, -0.2) is 4.98 Å². The first kappa shape index (κ1) is 24.7. The number of nitrogens with zero attached hydrogens (tertiary/aromatic N) is 2. The molecule has 3 aromatic carbocycles. The minimum atomic E-state index is -4.01. The van der Waals surface area contributed by atoms with E-state index in [1.165, 1.54) is 12.1 Å². The van der Waals surface area contributed by atoms with E-state index in [-0.39, 0.29) is 23.0 Å². The Bertz CT molecular complexity index is 1480. The fraction of sp³-hybridized carbons (Fsp3) is 0.0400. The predicted molar refractivity (Wildman–Crippen MR) is 137 cm³/mol. The third-order valence-electron chi connectivity index (χ3n) is 5.04. The van der Waals surface area contributed by atoms with Crippen molar-refractivity contribution in [2.45, 2.75) is 11.4 Å². The van der Waals surface area contributed by atoms with Crippen LogP contribution in [0, 0.1) is 5.95 Å². The van der Waals surface area contributed by atoms with Crippen LogP contribution in [0.1, 0.15) is 5.56 Å². The lowest BCUT2D eigenvalue weighted by atomic mass is 9.97. The third-order valence-corrected chi connectivity index (χ3v) is 6.85. The van der Waals surface area contributed by atoms with Crippen LogP contribution in [0.25, 0.3) is 22.4 Å². The fourth-order valence-corrected chi connectivity index (χ4v) is 4.51. The van der Waals surface area contributed by atoms with E-state index in [2.05, 4.69) is 14.7 Å². The Morgan fingerprint density at radius 1 is 0.914 bits per heavy atom. The molecule has 4 rings (SSSR count). The summed E-state index contributed by atoms with van der Waals surface area (Å²) in [6.45, 7) is -0.139. The van der Waals surface area contributed by atoms with Gasteiger partial charge in [-0.2, -0.15) is 12.8 Å². The van der Waals surface area contributed by atoms with Gasteiger partial charge in [0.05, 0.1) is 10.6 Å². The number of hydrogen-bond donors (Lipinski definition) is 2. The summed E-state index contributed by atoms with van der Waals surface area (Å²) in [5, 5.41) is 3.75. The van der Waals surface area contributed by atoms with Crippen molar-refractivity contribution in [3.05, 3.63) is 106 Å². The Kier molecular flexibility index (Phi) is 7.35. The highest BCUT2D eigenvalue weighted by atomic mass is 35.5. The molecule has 0 amide bonds. The standard InChI is InChI=1S/C25H19Cl2FN4O2S/c26-19-10-6-16(7-11-19)22-14-18(24(28)31-23(22)17-8-12-20(27)13-9-17)15-30-25(29)32-35(33,34)21-4-2-1-3-5-21/h1-14H,15H2,(H3,29,30,32). The first-order chi connectivity index (χ1) is 16.7. The Balaban J connectivity index is 1.67. The van der Waals surface area contributed by atoms with Crippen molar-refractivity contribution in [1.29, 1.82) is 0 Å². The largest absolute Gasteiger partial charge is 0.369 e. The maximum atomic E-state index is 15.0. The molecule has 1 heterocycles. The molecule has 10 heteroatoms. The SMILES string of the molecule is NC(=NS(=O)(=O)c1ccccc1)NCc1cc(-c2ccc(Cl)cc2)c(-c2ccc(Cl)cc2)nc1F. The van der Waals surface area contributed by atoms with Gasteiger partial charge >= 0.3 is 0 Å². The van der Waals surface area contributed by atoms with Crippen molar-refractivity contribution in [3.8, 4) is 22.4 Å². The number of hydrogen-bond acceptors (Lipinski definition) is 3. The van der Waals surface area contributed by atoms with Crippen LogP contribution in [0.5, 0.6) is 0 Å². The lowest BCUT2D eigenvalue weighted by Gasteiger charge is -2.14. The van der Waals surface area contributed by atoms with Crippen LogP contribution in [0.15, 0.2) is 94.2 Å². The average Bonchev–Trinajstić information content (AvgIpc) is 2.84. The fourth-order valence-electron chi connectivity index (χ4n) is 3.33. The van der Waals surface area contributed by atoms with Gasteiger partial charge in [-0.1, -0.05) is 65.7 Å². The van der Waals surface area contributed by atoms with Crippen molar-refractivity contribution in [2.75, 3.05) is 0 Å². The second kappa shape index (κ2) is 10.4. The molecule has 0 fully saturated rings. The van der Waals surface area contributed by atoms with Gasteiger partial charge in [0.2, 0.25) is 11.9 Å². The minimum Gasteiger partial charge on any atom is -0.369 e. The molecular weight excluding hydrogens is 510 g/mol. The van der Waals surface area contributed by atoms with Gasteiger partial charge in [0.1, 0.15) is 0 Å². The summed E-state index contributed by atoms with van der Waals surface area (Å²) >= 11 is 12.0. The molecule has 0 spiro atoms. The summed E-state index contributed by atoms with van der Waals surface area (Å²) in [5.41, 5.74) is 8.46. The third kappa shape index (κ3) is 5.97. The molecule has 3 N–H and O–H groups in total. The van der Waals surface area contributed by atoms with Crippen molar-refractivity contribution in [3.63, 3.8) is 0 Å². The molecule has 0 radical (unpaired) electrons. The monoisotopic (exact) mass is 528 g/mol. The second-order valence-electron chi connectivity index (χ2n) is 7.47. The summed E-state index contributed by atoms with van der Waals surface area (Å²) in [5.74, 6) is -1.11. The minimum absolute atomic E-state index is 0.00469. The highest BCUT2D eigenvalue weighted by Gasteiger charge is 2.17. The van der Waals surface area contributed by atoms with Crippen LogP contribution in [0.2, 0.25) is 10.0 Å². The van der Waals surface area contributed by atoms with Gasteiger partial charge in [0.15, 0.2) is 0 Å². The number of sulfonamides is 1. The van der Waals surface area contributed by atoms with Gasteiger partial charge in [-0.05, 0) is 48.0 Å². The zero-order chi connectivity index (χ0) is 25.0. The van der Waals surface area contributed by atoms with Crippen molar-refractivity contribution < 1.29 is 12.8 Å². The van der Waals surface area contributed by atoms with Crippen molar-refractivity contribution >= 4 is 39.2 Å². The topological polar surface area (TPSA) is 97.4 Å². The Morgan fingerprint density at radius 2 is 1.49 bits per heavy atom. The molecule has 0 bridgehead atoms. The summed E-state index contributed by atoms with van der Waals surface area (Å²) in [7, 11) is -4.01. The number of pyridine rings is 1. The molecule has 0 aliphatic carbocycles. The lowest BCUT2D eigenvalue weighted by Crippen LogP contribution is -2.32. The normalized spacial score (nSPS) is 11.9. The maximum Gasteiger partial charge on any atom is 0.285 e. The number of rotatable bonds is 6. The molecule has 178 valence electrons. The van der Waals surface area contributed by atoms with E-state index >= 15 is 4.39 Å². The molecule has 4 aromatic rings. The van der Waals surface area contributed by atoms with Crippen LogP contribution >= 0.6 is 23.2 Å². The molecular formula is C25H19Cl2FN4O2S. The number of halogens is 3. The summed E-state index contributed by atoms with van der Waals surface area (Å²) in [4.78, 5) is 4.19. The van der Waals surface area contributed by atoms with E-state index in [0.29, 0.717) is 26.9 Å². The summed E-state index contributed by atoms with van der Waals surface area (Å²) < 4.78 is 43.4. The maximum absolute atomic E-state index is 15.0. The Labute approximate surface area is 212 Å². The molecule has 0 aliphatic heterocycles. The van der Waals surface area contributed by atoms with Crippen molar-refractivity contribution in [1.82, 2.24) is 10.3 Å². The van der Waals surface area contributed by atoms with E-state index < -0.39 is 16.0 Å². The molecule has 35 heavy (non-hydrogen) atoms. The van der Waals surface area contributed by atoms with E-state index in [1.807, 2.05) is 0 Å². The molecule has 0 saturated carbocycles. The van der Waals surface area contributed by atoms with Crippen LogP contribution in [0.3, 0.4) is 0 Å². The van der Waals surface area contributed by atoms with Crippen LogP contribution in [-0.2, 0) is 16.6 Å². The van der Waals surface area contributed by atoms with Crippen LogP contribution < -0.4 is 11.1 Å². The molecule has 0 atom stereocenters. The van der Waals surface area contributed by atoms with E-state index in [1.54, 1.807) is 72.8 Å². The first-order valence-corrected chi connectivity index (χ1v) is 12.5. The lowest BCUT2D eigenvalue weighted by molar-refractivity contribution is 0.565. The van der Waals surface area contributed by atoms with E-state index in [9.17, 15) is 8.42 Å². The number of guanidine groups is 1. The van der Waals surface area contributed by atoms with Gasteiger partial charge in [0.25, 0.3) is 10.0 Å². The summed E-state index contributed by atoms with van der Waals surface area (Å²) in [6.07, 6.45) is 0. The number of nitrogens with one attached hydrogen (secondary N) is 1.